The van der Waals surface area contributed by atoms with Crippen LogP contribution in [0.3, 0.4) is 0 Å². The van der Waals surface area contributed by atoms with Gasteiger partial charge in [-0.25, -0.2) is 0 Å². The summed E-state index contributed by atoms with van der Waals surface area (Å²) in [5.74, 6) is 0.105. The van der Waals surface area contributed by atoms with Crippen molar-refractivity contribution in [3.8, 4) is 5.75 Å². The van der Waals surface area contributed by atoms with Crippen LogP contribution in [0.25, 0.3) is 5.57 Å². The molecule has 2 amide bonds. The smallest absolute Gasteiger partial charge is 0.278 e. The van der Waals surface area contributed by atoms with Crippen LogP contribution in [0.1, 0.15) is 25.8 Å². The molecule has 0 atom stereocenters. The van der Waals surface area contributed by atoms with Crippen molar-refractivity contribution in [2.45, 2.75) is 20.3 Å². The van der Waals surface area contributed by atoms with Gasteiger partial charge < -0.3 is 14.8 Å². The highest BCUT2D eigenvalue weighted by atomic mass is 16.5. The number of carbonyl (C=O) groups excluding carboxylic acids is 2. The zero-order valence-electron chi connectivity index (χ0n) is 16.8. The normalized spacial score (nSPS) is 13.9. The van der Waals surface area contributed by atoms with Crippen LogP contribution in [0, 0.1) is 0 Å². The summed E-state index contributed by atoms with van der Waals surface area (Å²) < 4.78 is 10.8. The number of rotatable bonds is 10. The van der Waals surface area contributed by atoms with E-state index in [2.05, 4.69) is 5.32 Å². The van der Waals surface area contributed by atoms with Crippen LogP contribution >= 0.6 is 0 Å². The van der Waals surface area contributed by atoms with E-state index < -0.39 is 0 Å². The Morgan fingerprint density at radius 2 is 1.62 bits per heavy atom. The number of benzene rings is 2. The molecule has 3 rings (SSSR count). The average Bonchev–Trinajstić information content (AvgIpc) is 2.97. The Morgan fingerprint density at radius 1 is 0.897 bits per heavy atom. The molecule has 1 N–H and O–H groups in total. The lowest BCUT2D eigenvalue weighted by molar-refractivity contribution is -0.137. The third-order valence-electron chi connectivity index (χ3n) is 4.54. The van der Waals surface area contributed by atoms with E-state index >= 15 is 0 Å². The molecule has 29 heavy (non-hydrogen) atoms. The molecule has 0 radical (unpaired) electrons. The second-order valence-corrected chi connectivity index (χ2v) is 6.51. The fourth-order valence-corrected chi connectivity index (χ4v) is 3.18. The highest BCUT2D eigenvalue weighted by Gasteiger charge is 2.38. The number of hydrogen-bond acceptors (Lipinski definition) is 5. The zero-order chi connectivity index (χ0) is 20.6. The van der Waals surface area contributed by atoms with Crippen molar-refractivity contribution >= 4 is 23.1 Å². The Morgan fingerprint density at radius 3 is 2.28 bits per heavy atom. The van der Waals surface area contributed by atoms with Gasteiger partial charge in [-0.1, -0.05) is 30.3 Å². The van der Waals surface area contributed by atoms with Crippen molar-refractivity contribution < 1.29 is 19.1 Å². The second-order valence-electron chi connectivity index (χ2n) is 6.51. The summed E-state index contributed by atoms with van der Waals surface area (Å²) in [5.41, 5.74) is 2.10. The molecule has 0 bridgehead atoms. The molecule has 0 unspecified atom stereocenters. The number of nitrogens with zero attached hydrogens (tertiary/aromatic N) is 1. The molecule has 2 aromatic rings. The molecule has 152 valence electrons. The summed E-state index contributed by atoms with van der Waals surface area (Å²) in [5, 5.41) is 3.15. The molecule has 2 aromatic carbocycles. The third kappa shape index (κ3) is 4.84. The van der Waals surface area contributed by atoms with Crippen LogP contribution in [0.2, 0.25) is 0 Å². The van der Waals surface area contributed by atoms with Gasteiger partial charge in [0.05, 0.1) is 12.2 Å². The predicted molar refractivity (Wildman–Crippen MR) is 112 cm³/mol. The summed E-state index contributed by atoms with van der Waals surface area (Å²) in [6, 6.07) is 16.6. The first kappa shape index (κ1) is 20.6. The lowest BCUT2D eigenvalue weighted by Crippen LogP contribution is -2.34. The number of nitrogens with one attached hydrogen (secondary N) is 1. The minimum Gasteiger partial charge on any atom is -0.494 e. The van der Waals surface area contributed by atoms with E-state index in [0.717, 1.165) is 11.4 Å². The molecule has 0 saturated heterocycles. The van der Waals surface area contributed by atoms with Crippen LogP contribution in [0.15, 0.2) is 60.3 Å². The van der Waals surface area contributed by atoms with Crippen LogP contribution in [-0.4, -0.2) is 43.1 Å². The number of hydrogen-bond donors (Lipinski definition) is 1. The fraction of sp³-hybridized carbons (Fsp3) is 0.304. The number of ether oxygens (including phenoxy) is 2. The van der Waals surface area contributed by atoms with Crippen LogP contribution in [0.4, 0.5) is 5.69 Å². The molecule has 0 saturated carbocycles. The highest BCUT2D eigenvalue weighted by molar-refractivity contribution is 6.36. The molecule has 1 aliphatic rings. The number of carbonyl (C=O) groups is 2. The van der Waals surface area contributed by atoms with E-state index in [9.17, 15) is 9.59 Å². The Kier molecular flexibility index (Phi) is 7.03. The first-order chi connectivity index (χ1) is 14.2. The van der Waals surface area contributed by atoms with Crippen molar-refractivity contribution in [1.82, 2.24) is 4.90 Å². The molecular weight excluding hydrogens is 368 g/mol. The van der Waals surface area contributed by atoms with Gasteiger partial charge in [0.15, 0.2) is 0 Å². The van der Waals surface area contributed by atoms with E-state index in [1.807, 2.05) is 68.4 Å². The number of amides is 2. The van der Waals surface area contributed by atoms with Gasteiger partial charge in [-0.05, 0) is 50.1 Å². The third-order valence-corrected chi connectivity index (χ3v) is 4.54. The molecule has 1 aliphatic heterocycles. The lowest BCUT2D eigenvalue weighted by atomic mass is 10.0. The van der Waals surface area contributed by atoms with E-state index in [4.69, 9.17) is 9.47 Å². The summed E-state index contributed by atoms with van der Waals surface area (Å²) in [4.78, 5) is 27.5. The van der Waals surface area contributed by atoms with Gasteiger partial charge >= 0.3 is 0 Å². The molecule has 6 heteroatoms. The lowest BCUT2D eigenvalue weighted by Gasteiger charge is -2.15. The topological polar surface area (TPSA) is 67.9 Å². The number of imide groups is 1. The van der Waals surface area contributed by atoms with E-state index in [0.29, 0.717) is 49.6 Å². The number of anilines is 1. The SMILES string of the molecule is CCOCCCN1C(=O)C(Nc2ccccc2)=C(c2ccc(OCC)cc2)C1=O. The van der Waals surface area contributed by atoms with Crippen molar-refractivity contribution in [2.75, 3.05) is 31.7 Å². The minimum atomic E-state index is -0.320. The quantitative estimate of drug-likeness (QED) is 0.492. The highest BCUT2D eigenvalue weighted by Crippen LogP contribution is 2.31. The first-order valence-corrected chi connectivity index (χ1v) is 9.89. The Bertz CT molecular complexity index is 876. The zero-order valence-corrected chi connectivity index (χ0v) is 16.8. The summed E-state index contributed by atoms with van der Waals surface area (Å²) in [7, 11) is 0. The van der Waals surface area contributed by atoms with Crippen molar-refractivity contribution in [2.24, 2.45) is 0 Å². The largest absolute Gasteiger partial charge is 0.494 e. The fourth-order valence-electron chi connectivity index (χ4n) is 3.18. The monoisotopic (exact) mass is 394 g/mol. The average molecular weight is 394 g/mol. The summed E-state index contributed by atoms with van der Waals surface area (Å²) >= 11 is 0. The second kappa shape index (κ2) is 9.89. The van der Waals surface area contributed by atoms with Crippen molar-refractivity contribution in [1.29, 1.82) is 0 Å². The Balaban J connectivity index is 1.90. The van der Waals surface area contributed by atoms with Crippen LogP contribution < -0.4 is 10.1 Å². The molecular formula is C23H26N2O4. The van der Waals surface area contributed by atoms with Crippen LogP contribution in [-0.2, 0) is 14.3 Å². The van der Waals surface area contributed by atoms with Gasteiger partial charge in [-0.3, -0.25) is 14.5 Å². The molecule has 0 fully saturated rings. The maximum Gasteiger partial charge on any atom is 0.278 e. The van der Waals surface area contributed by atoms with Gasteiger partial charge in [-0.2, -0.15) is 0 Å². The van der Waals surface area contributed by atoms with Crippen LogP contribution in [0.5, 0.6) is 5.75 Å². The van der Waals surface area contributed by atoms with Crippen molar-refractivity contribution in [3.05, 3.63) is 65.9 Å². The predicted octanol–water partition coefficient (Wildman–Crippen LogP) is 3.70. The standard InChI is InChI=1S/C23H26N2O4/c1-3-28-16-8-15-25-22(26)20(17-11-13-19(14-12-17)29-4-2)21(23(25)27)24-18-9-6-5-7-10-18/h5-7,9-14,24H,3-4,8,15-16H2,1-2H3. The van der Waals surface area contributed by atoms with Gasteiger partial charge in [0.1, 0.15) is 11.4 Å². The Hall–Kier alpha value is -3.12. The molecule has 0 spiro atoms. The van der Waals surface area contributed by atoms with E-state index in [-0.39, 0.29) is 11.8 Å². The maximum absolute atomic E-state index is 13.1. The molecule has 0 aliphatic carbocycles. The molecule has 1 heterocycles. The van der Waals surface area contributed by atoms with Gasteiger partial charge in [0, 0.05) is 25.4 Å². The number of para-hydroxylation sites is 1. The van der Waals surface area contributed by atoms with Gasteiger partial charge in [0.25, 0.3) is 11.8 Å². The minimum absolute atomic E-state index is 0.293. The Labute approximate surface area is 171 Å². The summed E-state index contributed by atoms with van der Waals surface area (Å²) in [6.45, 7) is 5.83. The van der Waals surface area contributed by atoms with Gasteiger partial charge in [-0.15, -0.1) is 0 Å². The molecule has 0 aromatic heterocycles. The van der Waals surface area contributed by atoms with Crippen molar-refractivity contribution in [3.63, 3.8) is 0 Å². The first-order valence-electron chi connectivity index (χ1n) is 9.89. The molecule has 6 nitrogen and oxygen atoms in total. The van der Waals surface area contributed by atoms with E-state index in [1.165, 1.54) is 4.90 Å². The summed E-state index contributed by atoms with van der Waals surface area (Å²) in [6.07, 6.45) is 0.598. The maximum atomic E-state index is 13.1. The van der Waals surface area contributed by atoms with E-state index in [1.54, 1.807) is 0 Å². The van der Waals surface area contributed by atoms with Gasteiger partial charge in [0.2, 0.25) is 0 Å².